The van der Waals surface area contributed by atoms with Crippen molar-refractivity contribution in [1.82, 2.24) is 10.0 Å². The van der Waals surface area contributed by atoms with Gasteiger partial charge in [0, 0.05) is 32.3 Å². The highest BCUT2D eigenvalue weighted by Gasteiger charge is 2.12. The predicted octanol–water partition coefficient (Wildman–Crippen LogP) is -0.159. The Morgan fingerprint density at radius 1 is 1.33 bits per heavy atom. The Bertz CT molecular complexity index is 560. The summed E-state index contributed by atoms with van der Waals surface area (Å²) in [6.45, 7) is 0.891. The molecule has 1 aromatic rings. The summed E-state index contributed by atoms with van der Waals surface area (Å²) in [6, 6.07) is 6.68. The summed E-state index contributed by atoms with van der Waals surface area (Å²) in [5, 5.41) is 2.61. The van der Waals surface area contributed by atoms with Crippen LogP contribution in [0.4, 0.5) is 5.69 Å². The second-order valence-corrected chi connectivity index (χ2v) is 6.30. The van der Waals surface area contributed by atoms with Crippen molar-refractivity contribution in [3.8, 4) is 0 Å². The first kappa shape index (κ1) is 17.4. The molecule has 0 aliphatic carbocycles. The van der Waals surface area contributed by atoms with Gasteiger partial charge in [-0.3, -0.25) is 4.79 Å². The normalized spacial score (nSPS) is 11.3. The zero-order valence-corrected chi connectivity index (χ0v) is 12.8. The van der Waals surface area contributed by atoms with E-state index in [9.17, 15) is 13.2 Å². The zero-order valence-electron chi connectivity index (χ0n) is 12.0. The van der Waals surface area contributed by atoms with Crippen LogP contribution in [-0.4, -0.2) is 41.1 Å². The van der Waals surface area contributed by atoms with Crippen LogP contribution < -0.4 is 15.8 Å². The molecule has 1 aromatic carbocycles. The topological polar surface area (TPSA) is 111 Å². The number of hydrogen-bond acceptors (Lipinski definition) is 5. The van der Waals surface area contributed by atoms with Crippen LogP contribution in [0.3, 0.4) is 0 Å². The molecule has 1 amide bonds. The van der Waals surface area contributed by atoms with Gasteiger partial charge in [-0.1, -0.05) is 12.1 Å². The Morgan fingerprint density at radius 3 is 2.76 bits per heavy atom. The van der Waals surface area contributed by atoms with Crippen LogP contribution in [0.1, 0.15) is 12.0 Å². The average Bonchev–Trinajstić information content (AvgIpc) is 2.38. The van der Waals surface area contributed by atoms with Gasteiger partial charge in [-0.15, -0.1) is 0 Å². The van der Waals surface area contributed by atoms with Crippen LogP contribution in [0.2, 0.25) is 0 Å². The molecule has 0 saturated heterocycles. The number of nitrogens with two attached hydrogens (primary N) is 1. The molecule has 8 heteroatoms. The molecule has 0 bridgehead atoms. The van der Waals surface area contributed by atoms with Gasteiger partial charge in [-0.2, -0.15) is 0 Å². The van der Waals surface area contributed by atoms with Gasteiger partial charge in [0.25, 0.3) is 0 Å². The molecule has 0 aromatic heterocycles. The summed E-state index contributed by atoms with van der Waals surface area (Å²) in [6.07, 6.45) is 0.0832. The fourth-order valence-electron chi connectivity index (χ4n) is 1.65. The van der Waals surface area contributed by atoms with Gasteiger partial charge >= 0.3 is 0 Å². The molecule has 1 rings (SSSR count). The summed E-state index contributed by atoms with van der Waals surface area (Å²) >= 11 is 0. The minimum atomic E-state index is -3.48. The van der Waals surface area contributed by atoms with Gasteiger partial charge in [-0.05, 0) is 17.7 Å². The zero-order chi connectivity index (χ0) is 15.7. The van der Waals surface area contributed by atoms with E-state index in [-0.39, 0.29) is 24.6 Å². The molecule has 0 saturated carbocycles. The Morgan fingerprint density at radius 2 is 2.10 bits per heavy atom. The lowest BCUT2D eigenvalue weighted by Gasteiger charge is -2.08. The number of benzene rings is 1. The molecule has 118 valence electrons. The fourth-order valence-corrected chi connectivity index (χ4v) is 2.79. The van der Waals surface area contributed by atoms with Gasteiger partial charge in [0.2, 0.25) is 15.9 Å². The smallest absolute Gasteiger partial charge is 0.221 e. The van der Waals surface area contributed by atoms with Crippen LogP contribution in [0.15, 0.2) is 24.3 Å². The van der Waals surface area contributed by atoms with Gasteiger partial charge in [0.15, 0.2) is 0 Å². The Labute approximate surface area is 124 Å². The number of anilines is 1. The summed E-state index contributed by atoms with van der Waals surface area (Å²) < 4.78 is 30.9. The van der Waals surface area contributed by atoms with E-state index < -0.39 is 10.0 Å². The van der Waals surface area contributed by atoms with E-state index in [4.69, 9.17) is 10.5 Å². The van der Waals surface area contributed by atoms with E-state index in [0.717, 1.165) is 0 Å². The minimum Gasteiger partial charge on any atom is -0.399 e. The van der Waals surface area contributed by atoms with Crippen LogP contribution in [0, 0.1) is 0 Å². The van der Waals surface area contributed by atoms with Crippen LogP contribution in [-0.2, 0) is 25.3 Å². The lowest BCUT2D eigenvalue weighted by atomic mass is 10.2. The third-order valence-electron chi connectivity index (χ3n) is 2.61. The largest absolute Gasteiger partial charge is 0.399 e. The molecule has 0 radical (unpaired) electrons. The predicted molar refractivity (Wildman–Crippen MR) is 81.0 cm³/mol. The van der Waals surface area contributed by atoms with E-state index in [0.29, 0.717) is 24.4 Å². The first-order valence-corrected chi connectivity index (χ1v) is 8.15. The Balaban J connectivity index is 2.35. The van der Waals surface area contributed by atoms with Crippen molar-refractivity contribution >= 4 is 21.6 Å². The van der Waals surface area contributed by atoms with Crippen molar-refractivity contribution in [3.63, 3.8) is 0 Å². The van der Waals surface area contributed by atoms with E-state index >= 15 is 0 Å². The third-order valence-corrected chi connectivity index (χ3v) is 3.97. The molecule has 0 aliphatic rings. The van der Waals surface area contributed by atoms with E-state index in [2.05, 4.69) is 10.0 Å². The number of carbonyl (C=O) groups is 1. The molecule has 7 nitrogen and oxygen atoms in total. The molecule has 4 N–H and O–H groups in total. The van der Waals surface area contributed by atoms with Gasteiger partial charge < -0.3 is 15.8 Å². The fraction of sp³-hybridized carbons (Fsp3) is 0.462. The number of rotatable bonds is 9. The Kier molecular flexibility index (Phi) is 7.13. The van der Waals surface area contributed by atoms with E-state index in [1.165, 1.54) is 7.11 Å². The third kappa shape index (κ3) is 7.64. The van der Waals surface area contributed by atoms with Crippen LogP contribution >= 0.6 is 0 Å². The summed E-state index contributed by atoms with van der Waals surface area (Å²) in [5.41, 5.74) is 6.71. The standard InChI is InChI=1S/C13H21N3O4S/c1-20-8-7-15-13(17)5-6-16-21(18,19)10-11-3-2-4-12(14)9-11/h2-4,9,16H,5-8,10,14H2,1H3,(H,15,17). The first-order valence-electron chi connectivity index (χ1n) is 6.50. The number of carbonyl (C=O) groups excluding carboxylic acids is 1. The van der Waals surface area contributed by atoms with Crippen molar-refractivity contribution in [2.45, 2.75) is 12.2 Å². The van der Waals surface area contributed by atoms with Crippen molar-refractivity contribution in [2.75, 3.05) is 32.5 Å². The summed E-state index contributed by atoms with van der Waals surface area (Å²) in [4.78, 5) is 11.4. The molecule has 0 fully saturated rings. The number of nitrogens with one attached hydrogen (secondary N) is 2. The molecule has 0 atom stereocenters. The molecule has 0 unspecified atom stereocenters. The quantitative estimate of drug-likeness (QED) is 0.433. The Hall–Kier alpha value is -1.64. The number of ether oxygens (including phenoxy) is 1. The van der Waals surface area contributed by atoms with Crippen molar-refractivity contribution in [1.29, 1.82) is 0 Å². The van der Waals surface area contributed by atoms with Crippen molar-refractivity contribution in [2.24, 2.45) is 0 Å². The molecule has 0 spiro atoms. The highest BCUT2D eigenvalue weighted by atomic mass is 32.2. The van der Waals surface area contributed by atoms with E-state index in [1.54, 1.807) is 24.3 Å². The monoisotopic (exact) mass is 315 g/mol. The maximum atomic E-state index is 11.8. The molecular weight excluding hydrogens is 294 g/mol. The van der Waals surface area contributed by atoms with E-state index in [1.807, 2.05) is 0 Å². The second-order valence-electron chi connectivity index (χ2n) is 4.49. The molecule has 0 aliphatic heterocycles. The maximum Gasteiger partial charge on any atom is 0.221 e. The highest BCUT2D eigenvalue weighted by Crippen LogP contribution is 2.09. The van der Waals surface area contributed by atoms with Gasteiger partial charge in [0.1, 0.15) is 0 Å². The molecular formula is C13H21N3O4S. The molecule has 0 heterocycles. The second kappa shape index (κ2) is 8.60. The van der Waals surface area contributed by atoms with Crippen molar-refractivity contribution < 1.29 is 17.9 Å². The maximum absolute atomic E-state index is 11.8. The van der Waals surface area contributed by atoms with Crippen molar-refractivity contribution in [3.05, 3.63) is 29.8 Å². The lowest BCUT2D eigenvalue weighted by molar-refractivity contribution is -0.121. The highest BCUT2D eigenvalue weighted by molar-refractivity contribution is 7.88. The van der Waals surface area contributed by atoms with Crippen LogP contribution in [0.25, 0.3) is 0 Å². The number of amides is 1. The molecule has 21 heavy (non-hydrogen) atoms. The number of nitrogen functional groups attached to an aromatic ring is 1. The SMILES string of the molecule is COCCNC(=O)CCNS(=O)(=O)Cc1cccc(N)c1. The first-order chi connectivity index (χ1) is 9.93. The minimum absolute atomic E-state index is 0.0590. The number of hydrogen-bond donors (Lipinski definition) is 3. The van der Waals surface area contributed by atoms with Gasteiger partial charge in [0.05, 0.1) is 12.4 Å². The number of methoxy groups -OCH3 is 1. The summed E-state index contributed by atoms with van der Waals surface area (Å²) in [7, 11) is -1.94. The number of sulfonamides is 1. The summed E-state index contributed by atoms with van der Waals surface area (Å²) in [5.74, 6) is -0.387. The average molecular weight is 315 g/mol. The van der Waals surface area contributed by atoms with Crippen LogP contribution in [0.5, 0.6) is 0 Å². The van der Waals surface area contributed by atoms with Gasteiger partial charge in [-0.25, -0.2) is 13.1 Å². The lowest BCUT2D eigenvalue weighted by Crippen LogP contribution is -2.32.